The number of carbonyl (C=O) groups excluding carboxylic acids is 1. The topological polar surface area (TPSA) is 97.2 Å². The van der Waals surface area contributed by atoms with Crippen LogP contribution in [0.15, 0.2) is 53.6 Å². The first-order valence-corrected chi connectivity index (χ1v) is 8.48. The van der Waals surface area contributed by atoms with Crippen LogP contribution in [0, 0.1) is 0 Å². The van der Waals surface area contributed by atoms with Crippen molar-refractivity contribution in [1.29, 1.82) is 0 Å². The van der Waals surface area contributed by atoms with Gasteiger partial charge in [0, 0.05) is 0 Å². The molecule has 2 N–H and O–H groups in total. The van der Waals surface area contributed by atoms with Crippen molar-refractivity contribution >= 4 is 17.6 Å². The van der Waals surface area contributed by atoms with Crippen LogP contribution in [-0.2, 0) is 16.0 Å². The van der Waals surface area contributed by atoms with Gasteiger partial charge in [-0.3, -0.25) is 4.79 Å². The number of carboxylic acid groups (broad SMARTS) is 1. The molecule has 142 valence electrons. The molecule has 0 bridgehead atoms. The van der Waals surface area contributed by atoms with E-state index in [-0.39, 0.29) is 12.5 Å². The second-order valence-electron chi connectivity index (χ2n) is 5.73. The molecule has 0 aliphatic heterocycles. The molecule has 0 aliphatic carbocycles. The van der Waals surface area contributed by atoms with E-state index in [2.05, 4.69) is 17.5 Å². The Morgan fingerprint density at radius 2 is 1.52 bits per heavy atom. The fraction of sp³-hybridized carbons (Fsp3) is 0.250. The molecular formula is C20H22N2O5. The molecule has 0 atom stereocenters. The zero-order chi connectivity index (χ0) is 19.6. The first-order valence-electron chi connectivity index (χ1n) is 8.48. The highest BCUT2D eigenvalue weighted by molar-refractivity contribution is 5.99. The monoisotopic (exact) mass is 370 g/mol. The van der Waals surface area contributed by atoms with Gasteiger partial charge in [-0.2, -0.15) is 5.10 Å². The zero-order valence-electron chi connectivity index (χ0n) is 15.3. The lowest BCUT2D eigenvalue weighted by molar-refractivity contribution is -0.139. The third-order valence-corrected chi connectivity index (χ3v) is 3.68. The number of hydrazone groups is 1. The molecular weight excluding hydrogens is 348 g/mol. The van der Waals surface area contributed by atoms with Crippen molar-refractivity contribution in [2.45, 2.75) is 20.3 Å². The maximum absolute atomic E-state index is 11.9. The van der Waals surface area contributed by atoms with Crippen LogP contribution in [0.3, 0.4) is 0 Å². The van der Waals surface area contributed by atoms with E-state index in [1.807, 2.05) is 24.3 Å². The van der Waals surface area contributed by atoms with Gasteiger partial charge < -0.3 is 14.6 Å². The summed E-state index contributed by atoms with van der Waals surface area (Å²) in [4.78, 5) is 22.3. The summed E-state index contributed by atoms with van der Waals surface area (Å²) in [6.45, 7) is 3.28. The molecule has 0 saturated carbocycles. The highest BCUT2D eigenvalue weighted by Gasteiger charge is 2.04. The van der Waals surface area contributed by atoms with E-state index in [4.69, 9.17) is 14.6 Å². The van der Waals surface area contributed by atoms with Gasteiger partial charge >= 0.3 is 5.97 Å². The number of benzene rings is 2. The minimum absolute atomic E-state index is 0.135. The lowest BCUT2D eigenvalue weighted by Gasteiger charge is -2.07. The quantitative estimate of drug-likeness (QED) is 0.522. The molecule has 0 unspecified atom stereocenters. The zero-order valence-corrected chi connectivity index (χ0v) is 15.3. The van der Waals surface area contributed by atoms with Crippen LogP contribution in [-0.4, -0.2) is 35.9 Å². The van der Waals surface area contributed by atoms with Crippen molar-refractivity contribution in [3.63, 3.8) is 0 Å². The number of hydrogen-bond acceptors (Lipinski definition) is 5. The standard InChI is InChI=1S/C20H22N2O5/c1-3-15-4-8-17(9-5-15)26-12-19(23)22-21-14(2)16-6-10-18(11-7-16)27-13-20(24)25/h4-11H,3,12-13H2,1-2H3,(H,22,23)(H,24,25)/b21-14-. The molecule has 2 aromatic rings. The lowest BCUT2D eigenvalue weighted by Crippen LogP contribution is -2.25. The Balaban J connectivity index is 1.82. The van der Waals surface area contributed by atoms with Crippen LogP contribution in [0.4, 0.5) is 0 Å². The van der Waals surface area contributed by atoms with Gasteiger partial charge in [0.25, 0.3) is 5.91 Å². The number of carbonyl (C=O) groups is 2. The van der Waals surface area contributed by atoms with Crippen molar-refractivity contribution in [1.82, 2.24) is 5.43 Å². The van der Waals surface area contributed by atoms with Crippen molar-refractivity contribution < 1.29 is 24.2 Å². The normalized spacial score (nSPS) is 11.0. The third kappa shape index (κ3) is 6.81. The Hall–Kier alpha value is -3.35. The van der Waals surface area contributed by atoms with Crippen LogP contribution in [0.5, 0.6) is 11.5 Å². The summed E-state index contributed by atoms with van der Waals surface area (Å²) < 4.78 is 10.5. The Morgan fingerprint density at radius 1 is 0.963 bits per heavy atom. The maximum atomic E-state index is 11.9. The number of aliphatic carboxylic acids is 1. The van der Waals surface area contributed by atoms with Gasteiger partial charge in [0.2, 0.25) is 0 Å². The van der Waals surface area contributed by atoms with Gasteiger partial charge in [-0.25, -0.2) is 10.2 Å². The number of nitrogens with one attached hydrogen (secondary N) is 1. The molecule has 2 aromatic carbocycles. The Morgan fingerprint density at radius 3 is 2.07 bits per heavy atom. The molecule has 2 rings (SSSR count). The molecule has 1 amide bonds. The van der Waals surface area contributed by atoms with Crippen LogP contribution in [0.25, 0.3) is 0 Å². The summed E-state index contributed by atoms with van der Waals surface area (Å²) in [6.07, 6.45) is 0.946. The van der Waals surface area contributed by atoms with E-state index >= 15 is 0 Å². The van der Waals surface area contributed by atoms with Gasteiger partial charge in [0.1, 0.15) is 11.5 Å². The maximum Gasteiger partial charge on any atom is 0.341 e. The van der Waals surface area contributed by atoms with Crippen molar-refractivity contribution in [2.75, 3.05) is 13.2 Å². The average molecular weight is 370 g/mol. The van der Waals surface area contributed by atoms with Gasteiger partial charge in [0.15, 0.2) is 13.2 Å². The first-order chi connectivity index (χ1) is 13.0. The van der Waals surface area contributed by atoms with Gasteiger partial charge in [-0.05, 0) is 60.9 Å². The Labute approximate surface area is 157 Å². The number of ether oxygens (including phenoxy) is 2. The summed E-state index contributed by atoms with van der Waals surface area (Å²) in [6, 6.07) is 14.3. The SMILES string of the molecule is CCc1ccc(OCC(=O)N/N=C(/C)c2ccc(OCC(=O)O)cc2)cc1. The van der Waals surface area contributed by atoms with E-state index < -0.39 is 12.6 Å². The average Bonchev–Trinajstić information content (AvgIpc) is 2.69. The molecule has 0 aliphatic rings. The molecule has 0 radical (unpaired) electrons. The minimum atomic E-state index is -1.04. The summed E-state index contributed by atoms with van der Waals surface area (Å²) in [5.74, 6) is -0.334. The van der Waals surface area contributed by atoms with E-state index in [1.165, 1.54) is 5.56 Å². The molecule has 0 aromatic heterocycles. The van der Waals surface area contributed by atoms with Gasteiger partial charge in [0.05, 0.1) is 5.71 Å². The van der Waals surface area contributed by atoms with Crippen molar-refractivity contribution in [3.8, 4) is 11.5 Å². The number of nitrogens with zero attached hydrogens (tertiary/aromatic N) is 1. The second kappa shape index (κ2) is 9.96. The van der Waals surface area contributed by atoms with E-state index in [9.17, 15) is 9.59 Å². The highest BCUT2D eigenvalue weighted by Crippen LogP contribution is 2.13. The smallest absolute Gasteiger partial charge is 0.341 e. The van der Waals surface area contributed by atoms with Crippen LogP contribution >= 0.6 is 0 Å². The molecule has 0 fully saturated rings. The van der Waals surface area contributed by atoms with Crippen LogP contribution in [0.1, 0.15) is 25.0 Å². The fourth-order valence-corrected chi connectivity index (χ4v) is 2.15. The predicted octanol–water partition coefficient (Wildman–Crippen LogP) is 2.63. The molecule has 27 heavy (non-hydrogen) atoms. The number of hydrogen-bond donors (Lipinski definition) is 2. The molecule has 7 heteroatoms. The third-order valence-electron chi connectivity index (χ3n) is 3.68. The summed E-state index contributed by atoms with van der Waals surface area (Å²) in [5.41, 5.74) is 5.01. The van der Waals surface area contributed by atoms with Crippen LogP contribution in [0.2, 0.25) is 0 Å². The molecule has 0 heterocycles. The number of rotatable bonds is 9. The lowest BCUT2D eigenvalue weighted by atomic mass is 10.1. The summed E-state index contributed by atoms with van der Waals surface area (Å²) in [7, 11) is 0. The summed E-state index contributed by atoms with van der Waals surface area (Å²) in [5, 5.41) is 12.6. The molecule has 0 spiro atoms. The molecule has 7 nitrogen and oxygen atoms in total. The first kappa shape index (κ1) is 20.0. The van der Waals surface area contributed by atoms with E-state index in [1.54, 1.807) is 31.2 Å². The van der Waals surface area contributed by atoms with Crippen molar-refractivity contribution in [2.24, 2.45) is 5.10 Å². The van der Waals surface area contributed by atoms with E-state index in [0.29, 0.717) is 17.2 Å². The Bertz CT molecular complexity index is 798. The van der Waals surface area contributed by atoms with Crippen molar-refractivity contribution in [3.05, 3.63) is 59.7 Å². The van der Waals surface area contributed by atoms with Gasteiger partial charge in [-0.15, -0.1) is 0 Å². The second-order valence-corrected chi connectivity index (χ2v) is 5.73. The van der Waals surface area contributed by atoms with Gasteiger partial charge in [-0.1, -0.05) is 19.1 Å². The number of carboxylic acids is 1. The Kier molecular flexibility index (Phi) is 7.37. The fourth-order valence-electron chi connectivity index (χ4n) is 2.15. The molecule has 0 saturated heterocycles. The minimum Gasteiger partial charge on any atom is -0.484 e. The van der Waals surface area contributed by atoms with Crippen LogP contribution < -0.4 is 14.9 Å². The predicted molar refractivity (Wildman–Crippen MR) is 101 cm³/mol. The van der Waals surface area contributed by atoms with E-state index in [0.717, 1.165) is 12.0 Å². The highest BCUT2D eigenvalue weighted by atomic mass is 16.5. The number of amides is 1. The summed E-state index contributed by atoms with van der Waals surface area (Å²) >= 11 is 0. The number of aryl methyl sites for hydroxylation is 1. The largest absolute Gasteiger partial charge is 0.484 e.